The van der Waals surface area contributed by atoms with Crippen molar-refractivity contribution in [2.24, 2.45) is 0 Å². The molecule has 1 N–H and O–H groups in total. The fourth-order valence-electron chi connectivity index (χ4n) is 1.74. The molecule has 0 aliphatic heterocycles. The first-order valence-electron chi connectivity index (χ1n) is 6.25. The quantitative estimate of drug-likeness (QED) is 0.678. The van der Waals surface area contributed by atoms with E-state index >= 15 is 0 Å². The van der Waals surface area contributed by atoms with E-state index in [1.165, 1.54) is 12.1 Å². The van der Waals surface area contributed by atoms with Crippen molar-refractivity contribution >= 4 is 23.2 Å². The summed E-state index contributed by atoms with van der Waals surface area (Å²) in [5, 5.41) is 17.7. The lowest BCUT2D eigenvalue weighted by Crippen LogP contribution is -2.23. The minimum absolute atomic E-state index is 0.00163. The maximum absolute atomic E-state index is 12.0. The standard InChI is InChI=1S/C13H13ClN4O3/c1-2-17-6-5-10(16-17)8-15-13(19)9-3-4-11(14)12(7-9)18(20)21/h3-7H,2,8H2,1H3,(H,15,19). The number of halogens is 1. The highest BCUT2D eigenvalue weighted by Gasteiger charge is 2.16. The van der Waals surface area contributed by atoms with Crippen LogP contribution in [0.3, 0.4) is 0 Å². The van der Waals surface area contributed by atoms with Gasteiger partial charge in [0.2, 0.25) is 0 Å². The van der Waals surface area contributed by atoms with Gasteiger partial charge in [-0.3, -0.25) is 19.6 Å². The van der Waals surface area contributed by atoms with E-state index in [0.29, 0.717) is 5.69 Å². The highest BCUT2D eigenvalue weighted by Crippen LogP contribution is 2.24. The molecule has 1 heterocycles. The molecule has 0 aliphatic rings. The molecule has 0 atom stereocenters. The molecule has 2 rings (SSSR count). The summed E-state index contributed by atoms with van der Waals surface area (Å²) < 4.78 is 1.74. The summed E-state index contributed by atoms with van der Waals surface area (Å²) in [6.45, 7) is 2.96. The van der Waals surface area contributed by atoms with E-state index < -0.39 is 10.8 Å². The zero-order chi connectivity index (χ0) is 15.4. The number of amides is 1. The van der Waals surface area contributed by atoms with Crippen molar-refractivity contribution in [2.45, 2.75) is 20.0 Å². The molecule has 2 aromatic rings. The van der Waals surface area contributed by atoms with E-state index in [-0.39, 0.29) is 22.8 Å². The molecule has 8 heteroatoms. The van der Waals surface area contributed by atoms with Crippen LogP contribution >= 0.6 is 11.6 Å². The summed E-state index contributed by atoms with van der Waals surface area (Å²) in [7, 11) is 0. The summed E-state index contributed by atoms with van der Waals surface area (Å²) >= 11 is 5.70. The molecular weight excluding hydrogens is 296 g/mol. The van der Waals surface area contributed by atoms with E-state index in [4.69, 9.17) is 11.6 Å². The van der Waals surface area contributed by atoms with Gasteiger partial charge >= 0.3 is 0 Å². The molecule has 21 heavy (non-hydrogen) atoms. The third-order valence-electron chi connectivity index (χ3n) is 2.85. The van der Waals surface area contributed by atoms with Gasteiger partial charge in [-0.15, -0.1) is 0 Å². The van der Waals surface area contributed by atoms with Gasteiger partial charge in [0.25, 0.3) is 11.6 Å². The Morgan fingerprint density at radius 2 is 2.24 bits per heavy atom. The first-order chi connectivity index (χ1) is 10.0. The van der Waals surface area contributed by atoms with E-state index in [2.05, 4.69) is 10.4 Å². The molecule has 0 saturated heterocycles. The summed E-state index contributed by atoms with van der Waals surface area (Å²) in [5.41, 5.74) is 0.606. The van der Waals surface area contributed by atoms with Crippen LogP contribution in [0.2, 0.25) is 5.02 Å². The topological polar surface area (TPSA) is 90.1 Å². The lowest BCUT2D eigenvalue weighted by atomic mass is 10.2. The first kappa shape index (κ1) is 15.0. The SMILES string of the molecule is CCn1ccc(CNC(=O)c2ccc(Cl)c([N+](=O)[O-])c2)n1. The fraction of sp³-hybridized carbons (Fsp3) is 0.231. The normalized spacial score (nSPS) is 10.4. The van der Waals surface area contributed by atoms with Gasteiger partial charge in [0.1, 0.15) is 5.02 Å². The largest absolute Gasteiger partial charge is 0.346 e. The number of aromatic nitrogens is 2. The molecule has 0 unspecified atom stereocenters. The van der Waals surface area contributed by atoms with Crippen molar-refractivity contribution in [1.29, 1.82) is 0 Å². The van der Waals surface area contributed by atoms with Gasteiger partial charge in [0, 0.05) is 24.4 Å². The Morgan fingerprint density at radius 1 is 1.48 bits per heavy atom. The van der Waals surface area contributed by atoms with E-state index in [9.17, 15) is 14.9 Å². The van der Waals surface area contributed by atoms with Crippen molar-refractivity contribution in [3.63, 3.8) is 0 Å². The lowest BCUT2D eigenvalue weighted by Gasteiger charge is -2.04. The third kappa shape index (κ3) is 3.57. The molecule has 0 spiro atoms. The number of nitro groups is 1. The number of hydrogen-bond donors (Lipinski definition) is 1. The average molecular weight is 309 g/mol. The maximum atomic E-state index is 12.0. The van der Waals surface area contributed by atoms with Gasteiger partial charge in [-0.2, -0.15) is 5.10 Å². The predicted molar refractivity (Wildman–Crippen MR) is 77.2 cm³/mol. The first-order valence-corrected chi connectivity index (χ1v) is 6.63. The van der Waals surface area contributed by atoms with Gasteiger partial charge in [-0.25, -0.2) is 0 Å². The molecular formula is C13H13ClN4O3. The van der Waals surface area contributed by atoms with E-state index in [0.717, 1.165) is 12.6 Å². The molecule has 0 radical (unpaired) electrons. The average Bonchev–Trinajstić information content (AvgIpc) is 2.93. The van der Waals surface area contributed by atoms with E-state index in [1.807, 2.05) is 13.1 Å². The van der Waals surface area contributed by atoms with Gasteiger partial charge in [-0.1, -0.05) is 11.6 Å². The number of nitrogens with one attached hydrogen (secondary N) is 1. The number of rotatable bonds is 5. The Morgan fingerprint density at radius 3 is 2.86 bits per heavy atom. The Bertz CT molecular complexity index is 684. The monoisotopic (exact) mass is 308 g/mol. The van der Waals surface area contributed by atoms with Crippen LogP contribution in [-0.2, 0) is 13.1 Å². The summed E-state index contributed by atoms with van der Waals surface area (Å²) in [5.74, 6) is -0.416. The number of aryl methyl sites for hydroxylation is 1. The Kier molecular flexibility index (Phi) is 4.54. The van der Waals surface area contributed by atoms with Gasteiger partial charge in [0.15, 0.2) is 0 Å². The Labute approximate surface area is 125 Å². The Balaban J connectivity index is 2.06. The summed E-state index contributed by atoms with van der Waals surface area (Å²) in [4.78, 5) is 22.1. The second-order valence-electron chi connectivity index (χ2n) is 4.27. The Hall–Kier alpha value is -2.41. The molecule has 1 amide bonds. The van der Waals surface area contributed by atoms with Crippen molar-refractivity contribution < 1.29 is 9.72 Å². The number of nitro benzene ring substituents is 1. The number of nitrogens with zero attached hydrogens (tertiary/aromatic N) is 3. The van der Waals surface area contributed by atoms with Gasteiger partial charge in [0.05, 0.1) is 17.2 Å². The molecule has 0 fully saturated rings. The zero-order valence-corrected chi connectivity index (χ0v) is 12.0. The van der Waals surface area contributed by atoms with Crippen LogP contribution < -0.4 is 5.32 Å². The van der Waals surface area contributed by atoms with Crippen LogP contribution in [0, 0.1) is 10.1 Å². The molecule has 7 nitrogen and oxygen atoms in total. The van der Waals surface area contributed by atoms with Crippen molar-refractivity contribution in [3.8, 4) is 0 Å². The van der Waals surface area contributed by atoms with Crippen LogP contribution in [0.1, 0.15) is 23.0 Å². The van der Waals surface area contributed by atoms with Crippen LogP contribution in [0.15, 0.2) is 30.5 Å². The third-order valence-corrected chi connectivity index (χ3v) is 3.17. The van der Waals surface area contributed by atoms with Crippen LogP contribution in [0.25, 0.3) is 0 Å². The molecule has 1 aromatic heterocycles. The number of benzene rings is 1. The van der Waals surface area contributed by atoms with Gasteiger partial charge < -0.3 is 5.32 Å². The molecule has 0 bridgehead atoms. The maximum Gasteiger partial charge on any atom is 0.288 e. The molecule has 0 saturated carbocycles. The predicted octanol–water partition coefficient (Wildman–Crippen LogP) is 2.39. The highest BCUT2D eigenvalue weighted by atomic mass is 35.5. The van der Waals surface area contributed by atoms with Crippen LogP contribution in [0.4, 0.5) is 5.69 Å². The molecule has 1 aromatic carbocycles. The summed E-state index contributed by atoms with van der Waals surface area (Å²) in [6.07, 6.45) is 1.81. The van der Waals surface area contributed by atoms with Crippen molar-refractivity contribution in [3.05, 3.63) is 56.9 Å². The minimum Gasteiger partial charge on any atom is -0.346 e. The molecule has 0 aliphatic carbocycles. The summed E-state index contributed by atoms with van der Waals surface area (Å²) in [6, 6.07) is 5.73. The van der Waals surface area contributed by atoms with Crippen molar-refractivity contribution in [2.75, 3.05) is 0 Å². The van der Waals surface area contributed by atoms with Crippen LogP contribution in [-0.4, -0.2) is 20.6 Å². The number of carbonyl (C=O) groups excluding carboxylic acids is 1. The van der Waals surface area contributed by atoms with Crippen LogP contribution in [0.5, 0.6) is 0 Å². The molecule has 110 valence electrons. The number of hydrogen-bond acceptors (Lipinski definition) is 4. The number of carbonyl (C=O) groups is 1. The van der Waals surface area contributed by atoms with E-state index in [1.54, 1.807) is 10.7 Å². The fourth-order valence-corrected chi connectivity index (χ4v) is 1.93. The second-order valence-corrected chi connectivity index (χ2v) is 4.68. The second kappa shape index (κ2) is 6.36. The minimum atomic E-state index is -0.623. The smallest absolute Gasteiger partial charge is 0.288 e. The van der Waals surface area contributed by atoms with Gasteiger partial charge in [-0.05, 0) is 25.1 Å². The lowest BCUT2D eigenvalue weighted by molar-refractivity contribution is -0.384. The highest BCUT2D eigenvalue weighted by molar-refractivity contribution is 6.32. The van der Waals surface area contributed by atoms with Crippen molar-refractivity contribution in [1.82, 2.24) is 15.1 Å². The zero-order valence-electron chi connectivity index (χ0n) is 11.2.